The second-order valence-corrected chi connectivity index (χ2v) is 10.1. The summed E-state index contributed by atoms with van der Waals surface area (Å²) in [5.74, 6) is 0.742. The van der Waals surface area contributed by atoms with E-state index in [1.807, 2.05) is 19.9 Å². The van der Waals surface area contributed by atoms with Gasteiger partial charge in [-0.2, -0.15) is 0 Å². The number of aromatic nitrogens is 1. The summed E-state index contributed by atoms with van der Waals surface area (Å²) in [5.41, 5.74) is 3.47. The van der Waals surface area contributed by atoms with Gasteiger partial charge in [0.05, 0.1) is 5.69 Å². The van der Waals surface area contributed by atoms with E-state index >= 15 is 4.39 Å². The first kappa shape index (κ1) is 25.3. The van der Waals surface area contributed by atoms with Crippen LogP contribution in [0.15, 0.2) is 48.0 Å². The average Bonchev–Trinajstić information content (AvgIpc) is 2.80. The van der Waals surface area contributed by atoms with E-state index in [9.17, 15) is 4.39 Å². The smallest absolute Gasteiger partial charge is 0.134 e. The Hall–Kier alpha value is -2.29. The molecular weight excluding hydrogens is 412 g/mol. The summed E-state index contributed by atoms with van der Waals surface area (Å²) in [6.45, 7) is 14.7. The van der Waals surface area contributed by atoms with E-state index in [2.05, 4.69) is 44.8 Å². The maximum absolute atomic E-state index is 15.1. The van der Waals surface area contributed by atoms with Crippen LogP contribution >= 0.6 is 0 Å². The molecule has 1 atom stereocenters. The van der Waals surface area contributed by atoms with Crippen molar-refractivity contribution in [1.82, 2.24) is 4.98 Å². The molecule has 0 aliphatic heterocycles. The standard InChI is InChI=1S/C24H25F2N.C6H14/c1-5-6-7-8-15-9-10-18(25)21-19(15)23-20-16(11-12-27-23)22(26)14(2)13-17(20)24(21,3)4;1-4-6(3)5-2/h6-7,10-13,15H,5,8-9H2,1-4H3;6H,4-5H2,1-3H3. The summed E-state index contributed by atoms with van der Waals surface area (Å²) in [7, 11) is 0. The zero-order valence-corrected chi connectivity index (χ0v) is 21.4. The Morgan fingerprint density at radius 3 is 2.45 bits per heavy atom. The molecule has 2 aromatic rings. The van der Waals surface area contributed by atoms with Crippen LogP contribution in [0, 0.1) is 24.6 Å². The lowest BCUT2D eigenvalue weighted by atomic mass is 9.64. The molecule has 1 aromatic carbocycles. The first-order chi connectivity index (χ1) is 15.7. The van der Waals surface area contributed by atoms with Crippen LogP contribution in [0.3, 0.4) is 0 Å². The lowest BCUT2D eigenvalue weighted by molar-refractivity contribution is 0.523. The summed E-state index contributed by atoms with van der Waals surface area (Å²) in [5, 5.41) is 1.44. The number of pyridine rings is 1. The summed E-state index contributed by atoms with van der Waals surface area (Å²) in [6, 6.07) is 3.62. The van der Waals surface area contributed by atoms with Crippen LogP contribution in [0.2, 0.25) is 0 Å². The first-order valence-electron chi connectivity index (χ1n) is 12.5. The highest BCUT2D eigenvalue weighted by Crippen LogP contribution is 2.54. The predicted molar refractivity (Wildman–Crippen MR) is 137 cm³/mol. The number of hydrogen-bond donors (Lipinski definition) is 0. The average molecular weight is 452 g/mol. The molecule has 2 aliphatic carbocycles. The molecule has 0 amide bonds. The van der Waals surface area contributed by atoms with Gasteiger partial charge in [0.15, 0.2) is 0 Å². The number of hydrogen-bond acceptors (Lipinski definition) is 1. The summed E-state index contributed by atoms with van der Waals surface area (Å²) in [6.07, 6.45) is 12.8. The summed E-state index contributed by atoms with van der Waals surface area (Å²) in [4.78, 5) is 4.63. The normalized spacial score (nSPS) is 19.0. The van der Waals surface area contributed by atoms with Crippen molar-refractivity contribution >= 4 is 16.3 Å². The molecule has 2 aliphatic rings. The minimum atomic E-state index is -0.532. The monoisotopic (exact) mass is 451 g/mol. The Bertz CT molecular complexity index is 1100. The van der Waals surface area contributed by atoms with E-state index in [1.54, 1.807) is 25.3 Å². The van der Waals surface area contributed by atoms with Crippen LogP contribution in [0.4, 0.5) is 8.78 Å². The zero-order valence-electron chi connectivity index (χ0n) is 21.4. The molecule has 0 saturated heterocycles. The molecule has 178 valence electrons. The van der Waals surface area contributed by atoms with E-state index in [1.165, 1.54) is 12.8 Å². The molecule has 1 heterocycles. The Morgan fingerprint density at radius 1 is 1.15 bits per heavy atom. The van der Waals surface area contributed by atoms with Crippen LogP contribution in [0.1, 0.15) is 90.5 Å². The van der Waals surface area contributed by atoms with Gasteiger partial charge in [-0.1, -0.05) is 72.6 Å². The van der Waals surface area contributed by atoms with Crippen molar-refractivity contribution in [3.05, 3.63) is 70.6 Å². The molecule has 0 saturated carbocycles. The molecule has 33 heavy (non-hydrogen) atoms. The second kappa shape index (κ2) is 10.3. The molecule has 0 spiro atoms. The van der Waals surface area contributed by atoms with E-state index in [0.717, 1.165) is 46.5 Å². The van der Waals surface area contributed by atoms with Gasteiger partial charge in [0.2, 0.25) is 0 Å². The number of benzene rings is 1. The topological polar surface area (TPSA) is 12.9 Å². The van der Waals surface area contributed by atoms with Crippen molar-refractivity contribution in [2.24, 2.45) is 11.8 Å². The second-order valence-electron chi connectivity index (χ2n) is 10.1. The first-order valence-corrected chi connectivity index (χ1v) is 12.5. The molecule has 3 heteroatoms. The Balaban J connectivity index is 0.000000454. The third kappa shape index (κ3) is 4.69. The number of aryl methyl sites for hydroxylation is 1. The number of rotatable bonds is 5. The van der Waals surface area contributed by atoms with E-state index in [4.69, 9.17) is 0 Å². The molecular formula is C30H39F2N. The SMILES string of the molecule is CCC(C)CC.CCC=CCC1CC=C(F)C2=C1c1nccc3c(F)c(C)cc(c13)C2(C)C. The lowest BCUT2D eigenvalue weighted by Gasteiger charge is -2.40. The van der Waals surface area contributed by atoms with Gasteiger partial charge in [-0.25, -0.2) is 8.78 Å². The van der Waals surface area contributed by atoms with Crippen molar-refractivity contribution < 1.29 is 8.78 Å². The van der Waals surface area contributed by atoms with Crippen molar-refractivity contribution in [3.8, 4) is 0 Å². The van der Waals surface area contributed by atoms with Crippen LogP contribution in [-0.2, 0) is 5.41 Å². The third-order valence-electron chi connectivity index (χ3n) is 7.43. The fourth-order valence-electron chi connectivity index (χ4n) is 4.99. The molecule has 1 unspecified atom stereocenters. The minimum absolute atomic E-state index is 0.155. The Kier molecular flexibility index (Phi) is 7.92. The molecule has 0 bridgehead atoms. The largest absolute Gasteiger partial charge is 0.256 e. The Morgan fingerprint density at radius 2 is 1.85 bits per heavy atom. The highest BCUT2D eigenvalue weighted by molar-refractivity contribution is 6.01. The number of allylic oxidation sites excluding steroid dienone is 6. The van der Waals surface area contributed by atoms with Crippen molar-refractivity contribution in [1.29, 1.82) is 0 Å². The fourth-order valence-corrected chi connectivity index (χ4v) is 4.99. The molecule has 4 rings (SSSR count). The van der Waals surface area contributed by atoms with Gasteiger partial charge in [0.1, 0.15) is 11.6 Å². The van der Waals surface area contributed by atoms with Crippen molar-refractivity contribution in [2.75, 3.05) is 0 Å². The number of fused-ring (bicyclic) bond motifs is 1. The Labute approximate surface area is 198 Å². The lowest BCUT2D eigenvalue weighted by Crippen LogP contribution is -2.30. The quantitative estimate of drug-likeness (QED) is 0.413. The van der Waals surface area contributed by atoms with Crippen LogP contribution in [-0.4, -0.2) is 4.98 Å². The van der Waals surface area contributed by atoms with E-state index in [0.29, 0.717) is 17.4 Å². The number of nitrogens with zero attached hydrogens (tertiary/aromatic N) is 1. The van der Waals surface area contributed by atoms with E-state index < -0.39 is 5.41 Å². The minimum Gasteiger partial charge on any atom is -0.256 e. The summed E-state index contributed by atoms with van der Waals surface area (Å²) >= 11 is 0. The van der Waals surface area contributed by atoms with Gasteiger partial charge in [0.25, 0.3) is 0 Å². The molecule has 0 N–H and O–H groups in total. The van der Waals surface area contributed by atoms with Crippen molar-refractivity contribution in [3.63, 3.8) is 0 Å². The van der Waals surface area contributed by atoms with Crippen LogP contribution < -0.4 is 0 Å². The van der Waals surface area contributed by atoms with Gasteiger partial charge >= 0.3 is 0 Å². The van der Waals surface area contributed by atoms with Gasteiger partial charge in [-0.05, 0) is 66.9 Å². The van der Waals surface area contributed by atoms with Gasteiger partial charge in [-0.3, -0.25) is 4.98 Å². The van der Waals surface area contributed by atoms with Gasteiger partial charge in [0, 0.05) is 28.0 Å². The number of halogens is 2. The third-order valence-corrected chi connectivity index (χ3v) is 7.43. The zero-order chi connectivity index (χ0) is 24.3. The molecule has 1 nitrogen and oxygen atoms in total. The van der Waals surface area contributed by atoms with Crippen LogP contribution in [0.25, 0.3) is 16.3 Å². The van der Waals surface area contributed by atoms with Gasteiger partial charge < -0.3 is 0 Å². The molecule has 0 fully saturated rings. The van der Waals surface area contributed by atoms with E-state index in [-0.39, 0.29) is 17.6 Å². The molecule has 0 radical (unpaired) electrons. The highest BCUT2D eigenvalue weighted by Gasteiger charge is 2.42. The van der Waals surface area contributed by atoms with Gasteiger partial charge in [-0.15, -0.1) is 0 Å². The van der Waals surface area contributed by atoms with Crippen molar-refractivity contribution in [2.45, 2.75) is 86.0 Å². The summed E-state index contributed by atoms with van der Waals surface area (Å²) < 4.78 is 30.0. The maximum atomic E-state index is 15.1. The highest BCUT2D eigenvalue weighted by atomic mass is 19.1. The molecule has 1 aromatic heterocycles. The maximum Gasteiger partial charge on any atom is 0.134 e. The predicted octanol–water partition coefficient (Wildman–Crippen LogP) is 9.40. The fraction of sp³-hybridized carbons (Fsp3) is 0.500. The van der Waals surface area contributed by atoms with Crippen LogP contribution in [0.5, 0.6) is 0 Å².